The molecule has 386 valence electrons. The predicted molar refractivity (Wildman–Crippen MR) is 286 cm³/mol. The van der Waals surface area contributed by atoms with Crippen molar-refractivity contribution in [2.45, 2.75) is 226 Å². The molecule has 9 nitrogen and oxygen atoms in total. The Morgan fingerprint density at radius 2 is 0.970 bits per heavy atom. The van der Waals surface area contributed by atoms with Gasteiger partial charge in [-0.2, -0.15) is 0 Å². The molecule has 0 fully saturated rings. The first-order valence-electron chi connectivity index (χ1n) is 26.9. The average molecular weight is 958 g/mol. The van der Waals surface area contributed by atoms with E-state index in [-0.39, 0.29) is 25.5 Å². The molecule has 0 saturated heterocycles. The van der Waals surface area contributed by atoms with Crippen LogP contribution < -0.4 is 5.32 Å². The maximum atomic E-state index is 13.4. The van der Waals surface area contributed by atoms with Crippen LogP contribution in [-0.4, -0.2) is 74.3 Å². The molecular formula is C57H102N2O7P+. The highest BCUT2D eigenvalue weighted by molar-refractivity contribution is 7.47. The summed E-state index contributed by atoms with van der Waals surface area (Å²) in [5.74, 6) is -0.608. The summed E-state index contributed by atoms with van der Waals surface area (Å²) in [5.41, 5.74) is 0. The van der Waals surface area contributed by atoms with Crippen LogP contribution >= 0.6 is 7.82 Å². The van der Waals surface area contributed by atoms with Crippen LogP contribution in [0.4, 0.5) is 0 Å². The number of nitrogens with zero attached hydrogens (tertiary/aromatic N) is 1. The molecular weight excluding hydrogens is 856 g/mol. The lowest BCUT2D eigenvalue weighted by molar-refractivity contribution is -0.870. The normalized spacial score (nSPS) is 14.6. The fourth-order valence-electron chi connectivity index (χ4n) is 7.20. The molecule has 3 unspecified atom stereocenters. The monoisotopic (exact) mass is 958 g/mol. The van der Waals surface area contributed by atoms with E-state index in [0.29, 0.717) is 23.9 Å². The van der Waals surface area contributed by atoms with Crippen LogP contribution in [0.25, 0.3) is 0 Å². The lowest BCUT2D eigenvalue weighted by Crippen LogP contribution is -2.47. The van der Waals surface area contributed by atoms with Gasteiger partial charge in [-0.15, -0.1) is 0 Å². The van der Waals surface area contributed by atoms with Gasteiger partial charge in [0.15, 0.2) is 0 Å². The first-order valence-corrected chi connectivity index (χ1v) is 28.4. The fourth-order valence-corrected chi connectivity index (χ4v) is 7.94. The summed E-state index contributed by atoms with van der Waals surface area (Å²) >= 11 is 0. The van der Waals surface area contributed by atoms with Gasteiger partial charge in [0, 0.05) is 12.8 Å². The first kappa shape index (κ1) is 64.2. The number of likely N-dealkylation sites (N-methyl/N-ethyl adjacent to an activating group) is 1. The molecule has 0 aliphatic carbocycles. The Labute approximate surface area is 412 Å². The number of nitrogens with one attached hydrogen (secondary N) is 1. The molecule has 10 heteroatoms. The molecule has 0 aliphatic heterocycles. The summed E-state index contributed by atoms with van der Waals surface area (Å²) in [7, 11) is 1.45. The van der Waals surface area contributed by atoms with E-state index in [2.05, 4.69) is 86.8 Å². The van der Waals surface area contributed by atoms with Crippen molar-refractivity contribution in [1.82, 2.24) is 5.32 Å². The lowest BCUT2D eigenvalue weighted by atomic mass is 10.0. The zero-order valence-electron chi connectivity index (χ0n) is 43.9. The van der Waals surface area contributed by atoms with Gasteiger partial charge in [0.25, 0.3) is 0 Å². The van der Waals surface area contributed by atoms with Crippen molar-refractivity contribution in [3.05, 3.63) is 85.1 Å². The van der Waals surface area contributed by atoms with E-state index in [9.17, 15) is 19.0 Å². The van der Waals surface area contributed by atoms with Crippen molar-refractivity contribution < 1.29 is 37.3 Å². The number of unbranched alkanes of at least 4 members (excludes halogenated alkanes) is 19. The first-order chi connectivity index (χ1) is 32.4. The van der Waals surface area contributed by atoms with E-state index >= 15 is 0 Å². The van der Waals surface area contributed by atoms with Gasteiger partial charge in [-0.25, -0.2) is 4.57 Å². The van der Waals surface area contributed by atoms with E-state index < -0.39 is 25.9 Å². The Hall–Kier alpha value is -2.81. The molecule has 0 bridgehead atoms. The van der Waals surface area contributed by atoms with Gasteiger partial charge in [-0.3, -0.25) is 18.6 Å². The highest BCUT2D eigenvalue weighted by atomic mass is 31.2. The van der Waals surface area contributed by atoms with Crippen LogP contribution in [-0.2, 0) is 27.9 Å². The minimum atomic E-state index is -4.45. The fraction of sp³-hybridized carbons (Fsp3) is 0.719. The average Bonchev–Trinajstić information content (AvgIpc) is 3.28. The topological polar surface area (TPSA) is 111 Å². The molecule has 0 aromatic rings. The number of carbonyl (C=O) groups is 2. The maximum Gasteiger partial charge on any atom is 0.472 e. The Morgan fingerprint density at radius 3 is 1.43 bits per heavy atom. The van der Waals surface area contributed by atoms with Gasteiger partial charge in [0.05, 0.1) is 33.8 Å². The van der Waals surface area contributed by atoms with Crippen LogP contribution in [0.5, 0.6) is 0 Å². The van der Waals surface area contributed by atoms with Crippen molar-refractivity contribution >= 4 is 19.7 Å². The Bertz CT molecular complexity index is 1430. The van der Waals surface area contributed by atoms with Crippen LogP contribution in [0.15, 0.2) is 85.1 Å². The Kier molecular flexibility index (Phi) is 44.9. The zero-order valence-corrected chi connectivity index (χ0v) is 44.8. The van der Waals surface area contributed by atoms with Gasteiger partial charge in [0.1, 0.15) is 19.3 Å². The van der Waals surface area contributed by atoms with Crippen LogP contribution in [0.3, 0.4) is 0 Å². The summed E-state index contributed by atoms with van der Waals surface area (Å²) in [6, 6.07) is -0.878. The third-order valence-corrected chi connectivity index (χ3v) is 12.3. The molecule has 0 aliphatic rings. The van der Waals surface area contributed by atoms with E-state index in [4.69, 9.17) is 13.8 Å². The highest BCUT2D eigenvalue weighted by Gasteiger charge is 2.30. The number of phosphoric ester groups is 1. The third kappa shape index (κ3) is 48.0. The number of carbonyl (C=O) groups excluding carboxylic acids is 2. The summed E-state index contributed by atoms with van der Waals surface area (Å²) in [6.45, 7) is 6.81. The van der Waals surface area contributed by atoms with Crippen molar-refractivity contribution in [1.29, 1.82) is 0 Å². The Morgan fingerprint density at radius 1 is 0.537 bits per heavy atom. The zero-order chi connectivity index (χ0) is 49.4. The van der Waals surface area contributed by atoms with Crippen LogP contribution in [0, 0.1) is 0 Å². The number of hydrogen-bond acceptors (Lipinski definition) is 6. The second-order valence-corrected chi connectivity index (χ2v) is 20.5. The molecule has 0 aromatic carbocycles. The SMILES string of the molecule is CC/C=C\C/C=C\C/C=C\C/C=C\C/C=C\C/C=C\CCC(=O)OC(/C=C/CCCCCCCCCCC)C(COP(=O)(O)OCC[N+](C)(C)C)NC(=O)CCCCCCCCCCCCC. The van der Waals surface area contributed by atoms with E-state index in [1.165, 1.54) is 96.3 Å². The molecule has 0 heterocycles. The quantitative estimate of drug-likeness (QED) is 0.0205. The molecule has 1 amide bonds. The van der Waals surface area contributed by atoms with Gasteiger partial charge in [-0.1, -0.05) is 215 Å². The number of phosphoric acid groups is 1. The summed E-state index contributed by atoms with van der Waals surface area (Å²) in [5, 5.41) is 3.01. The van der Waals surface area contributed by atoms with Crippen molar-refractivity contribution in [3.63, 3.8) is 0 Å². The number of esters is 1. The number of rotatable bonds is 47. The Balaban J connectivity index is 5.47. The summed E-state index contributed by atoms with van der Waals surface area (Å²) in [6.07, 6.45) is 60.2. The molecule has 0 rings (SSSR count). The summed E-state index contributed by atoms with van der Waals surface area (Å²) < 4.78 is 30.4. The largest absolute Gasteiger partial charge is 0.472 e. The predicted octanol–water partition coefficient (Wildman–Crippen LogP) is 15.9. The second-order valence-electron chi connectivity index (χ2n) is 19.0. The third-order valence-electron chi connectivity index (χ3n) is 11.4. The number of ether oxygens (including phenoxy) is 1. The van der Waals surface area contributed by atoms with Crippen molar-refractivity contribution in [2.24, 2.45) is 0 Å². The lowest BCUT2D eigenvalue weighted by Gasteiger charge is -2.27. The standard InChI is InChI=1S/C57H101N2O7P/c1-7-10-13-16-19-22-25-26-27-28-29-30-31-32-35-38-41-44-47-50-57(61)66-55(48-45-42-39-36-33-23-20-17-14-11-8-2)54(53-65-67(62,63)64-52-51-59(4,5)6)58-56(60)49-46-43-40-37-34-24-21-18-15-12-9-3/h10,13,19,22,26-27,29-30,32,35,41,44-45,48,54-55H,7-9,11-12,14-18,20-21,23-25,28,31,33-34,36-40,42-43,46-47,49-53H2,1-6H3,(H-,58,60,62,63)/p+1/b13-10-,22-19-,27-26-,30-29-,35-32-,44-41-,48-45+. The number of hydrogen-bond donors (Lipinski definition) is 2. The van der Waals surface area contributed by atoms with Crippen molar-refractivity contribution in [2.75, 3.05) is 40.9 Å². The molecule has 2 N–H and O–H groups in total. The number of quaternary nitrogens is 1. The minimum absolute atomic E-state index is 0.0266. The molecule has 3 atom stereocenters. The van der Waals surface area contributed by atoms with Gasteiger partial charge >= 0.3 is 13.8 Å². The highest BCUT2D eigenvalue weighted by Crippen LogP contribution is 2.43. The molecule has 0 aromatic heterocycles. The van der Waals surface area contributed by atoms with E-state index in [1.807, 2.05) is 45.4 Å². The molecule has 0 radical (unpaired) electrons. The smallest absolute Gasteiger partial charge is 0.456 e. The molecule has 0 saturated carbocycles. The summed E-state index contributed by atoms with van der Waals surface area (Å²) in [4.78, 5) is 37.4. The van der Waals surface area contributed by atoms with Crippen LogP contribution in [0.1, 0.15) is 213 Å². The number of amides is 1. The molecule has 67 heavy (non-hydrogen) atoms. The van der Waals surface area contributed by atoms with Crippen molar-refractivity contribution in [3.8, 4) is 0 Å². The molecule has 0 spiro atoms. The second kappa shape index (κ2) is 46.9. The van der Waals surface area contributed by atoms with E-state index in [1.54, 1.807) is 0 Å². The van der Waals surface area contributed by atoms with Gasteiger partial charge < -0.3 is 19.4 Å². The maximum absolute atomic E-state index is 13.4. The minimum Gasteiger partial charge on any atom is -0.456 e. The number of allylic oxidation sites excluding steroid dienone is 13. The van der Waals surface area contributed by atoms with Crippen LogP contribution in [0.2, 0.25) is 0 Å². The van der Waals surface area contributed by atoms with Gasteiger partial charge in [0.2, 0.25) is 5.91 Å². The van der Waals surface area contributed by atoms with Gasteiger partial charge in [-0.05, 0) is 70.3 Å². The van der Waals surface area contributed by atoms with E-state index in [0.717, 1.165) is 77.0 Å².